The van der Waals surface area contributed by atoms with Gasteiger partial charge in [-0.15, -0.1) is 0 Å². The Kier molecular flexibility index (Phi) is 9.37. The predicted octanol–water partition coefficient (Wildman–Crippen LogP) is 1.80. The lowest BCUT2D eigenvalue weighted by Gasteiger charge is -1.93. The van der Waals surface area contributed by atoms with Crippen molar-refractivity contribution in [3.63, 3.8) is 0 Å². The highest BCUT2D eigenvalue weighted by Crippen LogP contribution is 1.82. The predicted molar refractivity (Wildman–Crippen MR) is 43.8 cm³/mol. The van der Waals surface area contributed by atoms with Gasteiger partial charge in [0.15, 0.2) is 0 Å². The largest absolute Gasteiger partial charge is 0.388 e. The molecule has 2 nitrogen and oxygen atoms in total. The van der Waals surface area contributed by atoms with E-state index >= 15 is 0 Å². The monoisotopic (exact) mass is 130 g/mol. The lowest BCUT2D eigenvalue weighted by atomic mass is 10.4. The molecule has 2 heteroatoms. The van der Waals surface area contributed by atoms with Gasteiger partial charge in [-0.25, -0.2) is 0 Å². The molecule has 56 valence electrons. The molecule has 0 fully saturated rings. The first-order chi connectivity index (χ1) is 4.13. The van der Waals surface area contributed by atoms with Crippen molar-refractivity contribution in [1.29, 1.82) is 0 Å². The summed E-state index contributed by atoms with van der Waals surface area (Å²) in [6.45, 7) is 9.78. The minimum Gasteiger partial charge on any atom is -0.388 e. The number of nitrogens with two attached hydrogens (primary N) is 1. The fourth-order valence-corrected chi connectivity index (χ4v) is 0.407. The van der Waals surface area contributed by atoms with Gasteiger partial charge >= 0.3 is 0 Å². The summed E-state index contributed by atoms with van der Waals surface area (Å²) < 4.78 is 0. The molecule has 0 spiro atoms. The van der Waals surface area contributed by atoms with Crippen LogP contribution in [0.2, 0.25) is 0 Å². The molecule has 0 saturated carbocycles. The number of hydrogen-bond donors (Lipinski definition) is 1. The van der Waals surface area contributed by atoms with E-state index in [1.54, 1.807) is 6.92 Å². The van der Waals surface area contributed by atoms with E-state index in [9.17, 15) is 0 Å². The Morgan fingerprint density at radius 2 is 1.67 bits per heavy atom. The first-order valence-corrected chi connectivity index (χ1v) is 3.43. The van der Waals surface area contributed by atoms with E-state index < -0.39 is 0 Å². The SMILES string of the molecule is CC.CC(N)=NC(C)C. The van der Waals surface area contributed by atoms with Crippen molar-refractivity contribution in [3.8, 4) is 0 Å². The molecule has 0 aromatic rings. The minimum atomic E-state index is 0.338. The van der Waals surface area contributed by atoms with Gasteiger partial charge in [0.25, 0.3) is 0 Å². The van der Waals surface area contributed by atoms with Gasteiger partial charge in [0, 0.05) is 6.04 Å². The lowest BCUT2D eigenvalue weighted by molar-refractivity contribution is 0.833. The summed E-state index contributed by atoms with van der Waals surface area (Å²) >= 11 is 0. The number of rotatable bonds is 1. The highest BCUT2D eigenvalue weighted by molar-refractivity contribution is 5.77. The van der Waals surface area contributed by atoms with E-state index in [1.807, 2.05) is 27.7 Å². The van der Waals surface area contributed by atoms with Crippen molar-refractivity contribution in [2.24, 2.45) is 10.7 Å². The smallest absolute Gasteiger partial charge is 0.0908 e. The second-order valence-electron chi connectivity index (χ2n) is 1.86. The van der Waals surface area contributed by atoms with E-state index in [0.717, 1.165) is 0 Å². The molecule has 0 bridgehead atoms. The summed E-state index contributed by atoms with van der Waals surface area (Å²) in [6.07, 6.45) is 0. The lowest BCUT2D eigenvalue weighted by Crippen LogP contribution is -2.08. The first kappa shape index (κ1) is 11.3. The Bertz CT molecular complexity index is 71.0. The molecule has 9 heavy (non-hydrogen) atoms. The maximum Gasteiger partial charge on any atom is 0.0908 e. The van der Waals surface area contributed by atoms with Gasteiger partial charge in [-0.3, -0.25) is 4.99 Å². The van der Waals surface area contributed by atoms with Gasteiger partial charge in [0.2, 0.25) is 0 Å². The Balaban J connectivity index is 0. The molecule has 0 aliphatic heterocycles. The Morgan fingerprint density at radius 3 is 1.67 bits per heavy atom. The van der Waals surface area contributed by atoms with Gasteiger partial charge in [0.1, 0.15) is 0 Å². The Morgan fingerprint density at radius 1 is 1.33 bits per heavy atom. The fraction of sp³-hybridized carbons (Fsp3) is 0.857. The van der Waals surface area contributed by atoms with E-state index in [1.165, 1.54) is 0 Å². The molecule has 0 rings (SSSR count). The van der Waals surface area contributed by atoms with Crippen LogP contribution >= 0.6 is 0 Å². The van der Waals surface area contributed by atoms with Crippen LogP contribution in [-0.2, 0) is 0 Å². The molecule has 0 saturated heterocycles. The van der Waals surface area contributed by atoms with Crippen molar-refractivity contribution < 1.29 is 0 Å². The van der Waals surface area contributed by atoms with Crippen LogP contribution in [0.5, 0.6) is 0 Å². The van der Waals surface area contributed by atoms with Crippen molar-refractivity contribution in [2.75, 3.05) is 0 Å². The van der Waals surface area contributed by atoms with Crippen LogP contribution in [0.1, 0.15) is 34.6 Å². The maximum absolute atomic E-state index is 5.24. The van der Waals surface area contributed by atoms with Crippen LogP contribution in [0, 0.1) is 0 Å². The second-order valence-corrected chi connectivity index (χ2v) is 1.86. The Labute approximate surface area is 58.2 Å². The van der Waals surface area contributed by atoms with Crippen LogP contribution in [-0.4, -0.2) is 11.9 Å². The van der Waals surface area contributed by atoms with Gasteiger partial charge in [0.05, 0.1) is 5.84 Å². The van der Waals surface area contributed by atoms with Crippen molar-refractivity contribution in [2.45, 2.75) is 40.7 Å². The standard InChI is InChI=1S/C5H12N2.C2H6/c1-4(2)7-5(3)6;1-2/h4H,1-3H3,(H2,6,7);1-2H3. The fourth-order valence-electron chi connectivity index (χ4n) is 0.407. The van der Waals surface area contributed by atoms with Crippen LogP contribution < -0.4 is 5.73 Å². The summed E-state index contributed by atoms with van der Waals surface area (Å²) in [5, 5.41) is 0. The second kappa shape index (κ2) is 7.47. The molecular formula is C7H18N2. The highest BCUT2D eigenvalue weighted by Gasteiger charge is 1.83. The molecular weight excluding hydrogens is 112 g/mol. The quantitative estimate of drug-likeness (QED) is 0.426. The van der Waals surface area contributed by atoms with E-state index in [2.05, 4.69) is 4.99 Å². The number of nitrogens with zero attached hydrogens (tertiary/aromatic N) is 1. The van der Waals surface area contributed by atoms with Crippen LogP contribution in [0.25, 0.3) is 0 Å². The summed E-state index contributed by atoms with van der Waals surface area (Å²) in [4.78, 5) is 3.97. The number of aliphatic imine (C=N–C) groups is 1. The molecule has 0 aromatic heterocycles. The van der Waals surface area contributed by atoms with E-state index in [4.69, 9.17) is 5.73 Å². The van der Waals surface area contributed by atoms with Crippen molar-refractivity contribution in [3.05, 3.63) is 0 Å². The topological polar surface area (TPSA) is 38.4 Å². The zero-order valence-corrected chi connectivity index (χ0v) is 7.10. The average Bonchev–Trinajstić information content (AvgIpc) is 1.68. The molecule has 0 radical (unpaired) electrons. The van der Waals surface area contributed by atoms with Gasteiger partial charge in [-0.2, -0.15) is 0 Å². The molecule has 0 heterocycles. The molecule has 0 aromatic carbocycles. The van der Waals surface area contributed by atoms with E-state index in [-0.39, 0.29) is 0 Å². The van der Waals surface area contributed by atoms with Crippen LogP contribution in [0.3, 0.4) is 0 Å². The number of hydrogen-bond acceptors (Lipinski definition) is 1. The average molecular weight is 130 g/mol. The van der Waals surface area contributed by atoms with Crippen molar-refractivity contribution in [1.82, 2.24) is 0 Å². The van der Waals surface area contributed by atoms with E-state index in [0.29, 0.717) is 11.9 Å². The third-order valence-electron chi connectivity index (χ3n) is 0.462. The molecule has 2 N–H and O–H groups in total. The normalized spacial score (nSPS) is 10.7. The Hall–Kier alpha value is -0.530. The summed E-state index contributed by atoms with van der Waals surface area (Å²) in [5.41, 5.74) is 5.24. The number of amidine groups is 1. The minimum absolute atomic E-state index is 0.338. The molecule has 0 atom stereocenters. The summed E-state index contributed by atoms with van der Waals surface area (Å²) in [7, 11) is 0. The first-order valence-electron chi connectivity index (χ1n) is 3.43. The zero-order valence-electron chi connectivity index (χ0n) is 7.10. The molecule has 0 aliphatic carbocycles. The van der Waals surface area contributed by atoms with Gasteiger partial charge < -0.3 is 5.73 Å². The van der Waals surface area contributed by atoms with Crippen LogP contribution in [0.4, 0.5) is 0 Å². The third kappa shape index (κ3) is 18.6. The molecule has 0 unspecified atom stereocenters. The zero-order chi connectivity index (χ0) is 7.86. The molecule has 0 amide bonds. The summed E-state index contributed by atoms with van der Waals surface area (Å²) in [6, 6.07) is 0.338. The van der Waals surface area contributed by atoms with Gasteiger partial charge in [-0.1, -0.05) is 13.8 Å². The van der Waals surface area contributed by atoms with Crippen molar-refractivity contribution >= 4 is 5.84 Å². The summed E-state index contributed by atoms with van der Waals surface area (Å²) in [5.74, 6) is 0.662. The highest BCUT2D eigenvalue weighted by atomic mass is 14.9. The third-order valence-corrected chi connectivity index (χ3v) is 0.462. The van der Waals surface area contributed by atoms with Crippen LogP contribution in [0.15, 0.2) is 4.99 Å². The maximum atomic E-state index is 5.24. The molecule has 0 aliphatic rings. The van der Waals surface area contributed by atoms with Gasteiger partial charge in [-0.05, 0) is 20.8 Å².